The number of nitrogens with one attached hydrogen (secondary N) is 2. The molecule has 0 saturated carbocycles. The van der Waals surface area contributed by atoms with E-state index in [-0.39, 0.29) is 24.5 Å². The molecule has 2 aromatic heterocycles. The first-order chi connectivity index (χ1) is 9.95. The van der Waals surface area contributed by atoms with Crippen LogP contribution in [-0.2, 0) is 4.79 Å². The topological polar surface area (TPSA) is 84.7 Å². The molecule has 2 atom stereocenters. The summed E-state index contributed by atoms with van der Waals surface area (Å²) in [5, 5.41) is 19.3. The maximum atomic E-state index is 11.8. The van der Waals surface area contributed by atoms with Gasteiger partial charge in [-0.05, 0) is 33.3 Å². The van der Waals surface area contributed by atoms with E-state index in [0.717, 1.165) is 10.6 Å². The van der Waals surface area contributed by atoms with Crippen LogP contribution in [0.2, 0.25) is 0 Å². The van der Waals surface area contributed by atoms with Crippen LogP contribution in [0.5, 0.6) is 0 Å². The molecule has 0 aliphatic rings. The fourth-order valence-electron chi connectivity index (χ4n) is 1.82. The highest BCUT2D eigenvalue weighted by Crippen LogP contribution is 2.13. The number of hydrogen-bond donors (Lipinski definition) is 2. The molecule has 0 spiro atoms. The minimum absolute atomic E-state index is 0.117. The molecule has 0 radical (unpaired) electrons. The van der Waals surface area contributed by atoms with Gasteiger partial charge in [0.2, 0.25) is 11.0 Å². The Morgan fingerprint density at radius 1 is 1.38 bits per heavy atom. The third-order valence-corrected chi connectivity index (χ3v) is 3.98. The van der Waals surface area contributed by atoms with Gasteiger partial charge in [0.05, 0.1) is 18.8 Å². The monoisotopic (exact) mass is 308 g/mol. The van der Waals surface area contributed by atoms with Crippen molar-refractivity contribution in [1.82, 2.24) is 25.3 Å². The number of hydrogen-bond acceptors (Lipinski definition) is 6. The lowest BCUT2D eigenvalue weighted by Crippen LogP contribution is -2.39. The highest BCUT2D eigenvalue weighted by atomic mass is 32.1. The Bertz CT molecular complexity index is 607. The summed E-state index contributed by atoms with van der Waals surface area (Å²) >= 11 is 1.36. The Hall–Kier alpha value is -1.80. The van der Waals surface area contributed by atoms with E-state index in [1.807, 2.05) is 37.8 Å². The molecule has 0 saturated heterocycles. The standard InChI is InChI=1S/C13H20N6OS/c1-8-5-15-19(7-8)10(3)9(2)14-6-12(20)16-13-18-17-11(4)21-13/h5,7,9-10,14H,6H2,1-4H3,(H,16,18,20)/t9-,10-/m0/s1. The number of carbonyl (C=O) groups excluding carboxylic acids is 1. The van der Waals surface area contributed by atoms with Crippen LogP contribution in [0.3, 0.4) is 0 Å². The Balaban J connectivity index is 1.80. The van der Waals surface area contributed by atoms with E-state index in [0.29, 0.717) is 5.13 Å². The molecule has 0 fully saturated rings. The predicted molar refractivity (Wildman–Crippen MR) is 82.4 cm³/mol. The smallest absolute Gasteiger partial charge is 0.240 e. The van der Waals surface area contributed by atoms with Crippen LogP contribution >= 0.6 is 11.3 Å². The van der Waals surface area contributed by atoms with Crippen molar-refractivity contribution in [3.8, 4) is 0 Å². The molecule has 2 heterocycles. The van der Waals surface area contributed by atoms with E-state index < -0.39 is 0 Å². The molecular weight excluding hydrogens is 288 g/mol. The maximum absolute atomic E-state index is 11.8. The van der Waals surface area contributed by atoms with Crippen LogP contribution in [0, 0.1) is 13.8 Å². The van der Waals surface area contributed by atoms with Gasteiger partial charge in [-0.15, -0.1) is 10.2 Å². The first-order valence-corrected chi connectivity index (χ1v) is 7.61. The number of carbonyl (C=O) groups is 1. The molecule has 114 valence electrons. The molecule has 2 N–H and O–H groups in total. The number of aromatic nitrogens is 4. The van der Waals surface area contributed by atoms with Crippen molar-refractivity contribution in [2.24, 2.45) is 0 Å². The van der Waals surface area contributed by atoms with Gasteiger partial charge in [0.15, 0.2) is 0 Å². The Morgan fingerprint density at radius 2 is 2.14 bits per heavy atom. The van der Waals surface area contributed by atoms with Gasteiger partial charge in [-0.2, -0.15) is 5.10 Å². The van der Waals surface area contributed by atoms with Gasteiger partial charge in [-0.25, -0.2) is 0 Å². The van der Waals surface area contributed by atoms with E-state index in [4.69, 9.17) is 0 Å². The lowest BCUT2D eigenvalue weighted by Gasteiger charge is -2.21. The second kappa shape index (κ2) is 6.77. The third kappa shape index (κ3) is 4.33. The zero-order valence-corrected chi connectivity index (χ0v) is 13.4. The van der Waals surface area contributed by atoms with Crippen molar-refractivity contribution in [1.29, 1.82) is 0 Å². The summed E-state index contributed by atoms with van der Waals surface area (Å²) in [6.07, 6.45) is 3.82. The van der Waals surface area contributed by atoms with E-state index in [2.05, 4.69) is 32.9 Å². The van der Waals surface area contributed by atoms with E-state index in [1.54, 1.807) is 0 Å². The average Bonchev–Trinajstić information content (AvgIpc) is 3.04. The normalized spacial score (nSPS) is 13.9. The molecule has 2 rings (SSSR count). The van der Waals surface area contributed by atoms with Crippen LogP contribution in [0.25, 0.3) is 0 Å². The zero-order valence-electron chi connectivity index (χ0n) is 12.6. The number of nitrogens with zero attached hydrogens (tertiary/aromatic N) is 4. The summed E-state index contributed by atoms with van der Waals surface area (Å²) in [4.78, 5) is 11.8. The van der Waals surface area contributed by atoms with Crippen molar-refractivity contribution < 1.29 is 4.79 Å². The lowest BCUT2D eigenvalue weighted by atomic mass is 10.2. The third-order valence-electron chi connectivity index (χ3n) is 3.23. The van der Waals surface area contributed by atoms with Gasteiger partial charge >= 0.3 is 0 Å². The van der Waals surface area contributed by atoms with Crippen molar-refractivity contribution in [3.63, 3.8) is 0 Å². The quantitative estimate of drug-likeness (QED) is 0.845. The van der Waals surface area contributed by atoms with Crippen LogP contribution < -0.4 is 10.6 Å². The summed E-state index contributed by atoms with van der Waals surface area (Å²) in [5.41, 5.74) is 1.12. The minimum atomic E-state index is -0.123. The maximum Gasteiger partial charge on any atom is 0.240 e. The fraction of sp³-hybridized carbons (Fsp3) is 0.538. The summed E-state index contributed by atoms with van der Waals surface area (Å²) < 4.78 is 1.90. The second-order valence-corrected chi connectivity index (χ2v) is 6.26. The summed E-state index contributed by atoms with van der Waals surface area (Å²) in [5.74, 6) is -0.123. The SMILES string of the molecule is Cc1cnn([C@@H](C)[C@H](C)NCC(=O)Nc2nnc(C)s2)c1. The van der Waals surface area contributed by atoms with E-state index >= 15 is 0 Å². The number of amides is 1. The minimum Gasteiger partial charge on any atom is -0.304 e. The Morgan fingerprint density at radius 3 is 2.71 bits per heavy atom. The molecule has 0 unspecified atom stereocenters. The van der Waals surface area contributed by atoms with Gasteiger partial charge in [0, 0.05) is 12.2 Å². The van der Waals surface area contributed by atoms with E-state index in [9.17, 15) is 4.79 Å². The van der Waals surface area contributed by atoms with Crippen LogP contribution in [0.1, 0.15) is 30.5 Å². The zero-order chi connectivity index (χ0) is 15.4. The molecule has 0 aliphatic heterocycles. The molecule has 0 aliphatic carbocycles. The number of rotatable bonds is 6. The Labute approximate surface area is 127 Å². The molecule has 21 heavy (non-hydrogen) atoms. The van der Waals surface area contributed by atoms with Crippen LogP contribution in [0.15, 0.2) is 12.4 Å². The fourth-order valence-corrected chi connectivity index (χ4v) is 2.43. The highest BCUT2D eigenvalue weighted by Gasteiger charge is 2.16. The average molecular weight is 308 g/mol. The van der Waals surface area contributed by atoms with Crippen LogP contribution in [-0.4, -0.2) is 38.5 Å². The molecule has 8 heteroatoms. The van der Waals surface area contributed by atoms with Crippen molar-refractivity contribution in [3.05, 3.63) is 23.0 Å². The molecule has 1 amide bonds. The van der Waals surface area contributed by atoms with Crippen molar-refractivity contribution in [2.75, 3.05) is 11.9 Å². The first kappa shape index (κ1) is 15.6. The summed E-state index contributed by atoms with van der Waals surface area (Å²) in [7, 11) is 0. The lowest BCUT2D eigenvalue weighted by molar-refractivity contribution is -0.115. The molecular formula is C13H20N6OS. The predicted octanol–water partition coefficient (Wildman–Crippen LogP) is 1.53. The van der Waals surface area contributed by atoms with Gasteiger partial charge in [0.25, 0.3) is 0 Å². The van der Waals surface area contributed by atoms with Gasteiger partial charge in [0.1, 0.15) is 5.01 Å². The van der Waals surface area contributed by atoms with Gasteiger partial charge in [-0.1, -0.05) is 11.3 Å². The second-order valence-electron chi connectivity index (χ2n) is 5.08. The summed E-state index contributed by atoms with van der Waals surface area (Å²) in [6, 6.07) is 0.279. The van der Waals surface area contributed by atoms with Gasteiger partial charge in [-0.3, -0.25) is 14.8 Å². The molecule has 2 aromatic rings. The Kier molecular flexibility index (Phi) is 5.03. The first-order valence-electron chi connectivity index (χ1n) is 6.80. The number of anilines is 1. The summed E-state index contributed by atoms with van der Waals surface area (Å²) in [6.45, 7) is 8.18. The van der Waals surface area contributed by atoms with Crippen molar-refractivity contribution >= 4 is 22.4 Å². The number of aryl methyl sites for hydroxylation is 2. The van der Waals surface area contributed by atoms with Crippen molar-refractivity contribution in [2.45, 2.75) is 39.8 Å². The van der Waals surface area contributed by atoms with Gasteiger partial charge < -0.3 is 5.32 Å². The molecule has 0 bridgehead atoms. The van der Waals surface area contributed by atoms with E-state index in [1.165, 1.54) is 11.3 Å². The highest BCUT2D eigenvalue weighted by molar-refractivity contribution is 7.15. The molecule has 0 aromatic carbocycles. The molecule has 7 nitrogen and oxygen atoms in total. The van der Waals surface area contributed by atoms with Crippen LogP contribution in [0.4, 0.5) is 5.13 Å². The largest absolute Gasteiger partial charge is 0.304 e.